The minimum atomic E-state index is -0.863. The van der Waals surface area contributed by atoms with Gasteiger partial charge in [-0.25, -0.2) is 4.39 Å². The predicted octanol–water partition coefficient (Wildman–Crippen LogP) is 6.38. The summed E-state index contributed by atoms with van der Waals surface area (Å²) in [5.41, 5.74) is 8.64. The average molecular weight is 457 g/mol. The Hall–Kier alpha value is -3.86. The van der Waals surface area contributed by atoms with E-state index in [0.717, 1.165) is 22.0 Å². The summed E-state index contributed by atoms with van der Waals surface area (Å²) in [6.07, 6.45) is 2.07. The molecule has 4 nitrogen and oxygen atoms in total. The van der Waals surface area contributed by atoms with E-state index in [-0.39, 0.29) is 12.4 Å². The molecule has 1 aromatic heterocycles. The Bertz CT molecular complexity index is 1340. The van der Waals surface area contributed by atoms with Crippen LogP contribution in [0.5, 0.6) is 5.75 Å². The van der Waals surface area contributed by atoms with Crippen molar-refractivity contribution in [2.45, 2.75) is 26.8 Å². The van der Waals surface area contributed by atoms with Crippen LogP contribution >= 0.6 is 0 Å². The zero-order valence-corrected chi connectivity index (χ0v) is 19.7. The second-order valence-corrected chi connectivity index (χ2v) is 9.02. The molecule has 4 rings (SSSR count). The summed E-state index contributed by atoms with van der Waals surface area (Å²) in [4.78, 5) is 12.3. The van der Waals surface area contributed by atoms with Gasteiger partial charge in [-0.15, -0.1) is 0 Å². The molecule has 0 aliphatic rings. The van der Waals surface area contributed by atoms with E-state index >= 15 is 4.39 Å². The number of amides is 1. The van der Waals surface area contributed by atoms with E-state index in [1.165, 1.54) is 0 Å². The van der Waals surface area contributed by atoms with Gasteiger partial charge in [-0.3, -0.25) is 4.79 Å². The first-order valence-electron chi connectivity index (χ1n) is 11.3. The lowest BCUT2D eigenvalue weighted by Gasteiger charge is -2.24. The minimum Gasteiger partial charge on any atom is -0.495 e. The van der Waals surface area contributed by atoms with E-state index in [2.05, 4.69) is 0 Å². The molecular weight excluding hydrogens is 427 g/mol. The highest BCUT2D eigenvalue weighted by Gasteiger charge is 2.31. The molecule has 0 saturated carbocycles. The number of hydrogen-bond donors (Lipinski definition) is 1. The van der Waals surface area contributed by atoms with Crippen LogP contribution in [0.2, 0.25) is 0 Å². The number of nitrogens with two attached hydrogens (primary N) is 1. The maximum Gasteiger partial charge on any atom is 0.224 e. The SMILES string of the molecule is COc1cccc2c(/C(F)=C/Cc3ccccc3)c(-c3ccccc3)n(CC(C)(C)C(N)=O)c12. The van der Waals surface area contributed by atoms with Crippen LogP contribution in [0.15, 0.2) is 84.9 Å². The highest BCUT2D eigenvalue weighted by molar-refractivity contribution is 6.02. The summed E-state index contributed by atoms with van der Waals surface area (Å²) < 4.78 is 23.7. The Kier molecular flexibility index (Phi) is 6.55. The lowest BCUT2D eigenvalue weighted by Crippen LogP contribution is -2.35. The number of primary amides is 1. The second-order valence-electron chi connectivity index (χ2n) is 9.02. The van der Waals surface area contributed by atoms with E-state index in [1.807, 2.05) is 83.4 Å². The Morgan fingerprint density at radius 2 is 1.65 bits per heavy atom. The van der Waals surface area contributed by atoms with Gasteiger partial charge in [0, 0.05) is 17.5 Å². The molecule has 0 aliphatic carbocycles. The number of hydrogen-bond acceptors (Lipinski definition) is 2. The predicted molar refractivity (Wildman–Crippen MR) is 136 cm³/mol. The van der Waals surface area contributed by atoms with Crippen molar-refractivity contribution in [2.75, 3.05) is 7.11 Å². The fourth-order valence-corrected chi connectivity index (χ4v) is 4.23. The second kappa shape index (κ2) is 9.56. The summed E-state index contributed by atoms with van der Waals surface area (Å²) >= 11 is 0. The van der Waals surface area contributed by atoms with Crippen LogP contribution in [0, 0.1) is 5.41 Å². The van der Waals surface area contributed by atoms with Crippen molar-refractivity contribution in [3.63, 3.8) is 0 Å². The van der Waals surface area contributed by atoms with E-state index in [9.17, 15) is 4.79 Å². The molecule has 0 saturated heterocycles. The topological polar surface area (TPSA) is 57.2 Å². The molecule has 0 spiro atoms. The Morgan fingerprint density at radius 3 is 2.26 bits per heavy atom. The first kappa shape index (κ1) is 23.3. The Balaban J connectivity index is 2.02. The first-order chi connectivity index (χ1) is 16.3. The number of allylic oxidation sites excluding steroid dienone is 1. The summed E-state index contributed by atoms with van der Waals surface area (Å²) in [6, 6.07) is 25.0. The largest absolute Gasteiger partial charge is 0.495 e. The molecule has 0 aliphatic heterocycles. The normalized spacial score (nSPS) is 12.2. The summed E-state index contributed by atoms with van der Waals surface area (Å²) in [6.45, 7) is 3.87. The van der Waals surface area contributed by atoms with E-state index < -0.39 is 11.3 Å². The van der Waals surface area contributed by atoms with Gasteiger partial charge in [-0.2, -0.15) is 0 Å². The average Bonchev–Trinajstić information content (AvgIpc) is 3.17. The molecule has 1 amide bonds. The molecule has 1 heterocycles. The monoisotopic (exact) mass is 456 g/mol. The Morgan fingerprint density at radius 1 is 1.00 bits per heavy atom. The van der Waals surface area contributed by atoms with Crippen molar-refractivity contribution in [1.82, 2.24) is 4.57 Å². The summed E-state index contributed by atoms with van der Waals surface area (Å²) in [5.74, 6) is -0.140. The third-order valence-electron chi connectivity index (χ3n) is 6.13. The summed E-state index contributed by atoms with van der Waals surface area (Å²) in [7, 11) is 1.59. The van der Waals surface area contributed by atoms with Gasteiger partial charge in [0.2, 0.25) is 5.91 Å². The van der Waals surface area contributed by atoms with Gasteiger partial charge in [0.15, 0.2) is 0 Å². The maximum absolute atomic E-state index is 16.1. The molecule has 0 unspecified atom stereocenters. The first-order valence-corrected chi connectivity index (χ1v) is 11.3. The molecule has 0 atom stereocenters. The zero-order chi connectivity index (χ0) is 24.3. The fourth-order valence-electron chi connectivity index (χ4n) is 4.23. The van der Waals surface area contributed by atoms with Crippen LogP contribution in [0.4, 0.5) is 4.39 Å². The van der Waals surface area contributed by atoms with Crippen molar-refractivity contribution in [1.29, 1.82) is 0 Å². The van der Waals surface area contributed by atoms with Gasteiger partial charge in [0.1, 0.15) is 11.6 Å². The Labute approximate surface area is 199 Å². The summed E-state index contributed by atoms with van der Waals surface area (Å²) in [5, 5.41) is 0.722. The molecule has 5 heteroatoms. The van der Waals surface area contributed by atoms with Gasteiger partial charge in [-0.05, 0) is 43.5 Å². The van der Waals surface area contributed by atoms with E-state index in [1.54, 1.807) is 27.0 Å². The van der Waals surface area contributed by atoms with Crippen LogP contribution in [-0.2, 0) is 17.8 Å². The van der Waals surface area contributed by atoms with Gasteiger partial charge < -0.3 is 15.0 Å². The molecule has 0 fully saturated rings. The third-order valence-corrected chi connectivity index (χ3v) is 6.13. The number of aromatic nitrogens is 1. The van der Waals surface area contributed by atoms with Gasteiger partial charge in [-0.1, -0.05) is 72.8 Å². The lowest BCUT2D eigenvalue weighted by molar-refractivity contribution is -0.126. The van der Waals surface area contributed by atoms with Crippen molar-refractivity contribution in [2.24, 2.45) is 11.1 Å². The van der Waals surface area contributed by atoms with Crippen LogP contribution in [0.1, 0.15) is 25.0 Å². The van der Waals surface area contributed by atoms with E-state index in [0.29, 0.717) is 23.4 Å². The quantitative estimate of drug-likeness (QED) is 0.334. The number of carbonyl (C=O) groups excluding carboxylic acids is 1. The molecule has 174 valence electrons. The number of para-hydroxylation sites is 1. The standard InChI is InChI=1S/C29H29FN2O2/c1-29(2,28(31)33)19-32-26(21-13-8-5-9-14-21)25(22-15-10-16-24(34-3)27(22)32)23(30)18-17-20-11-6-4-7-12-20/h4-16,18H,17,19H2,1-3H3,(H2,31,33)/b23-18-. The fraction of sp³-hybridized carbons (Fsp3) is 0.207. The highest BCUT2D eigenvalue weighted by atomic mass is 19.1. The van der Waals surface area contributed by atoms with Gasteiger partial charge in [0.25, 0.3) is 0 Å². The van der Waals surface area contributed by atoms with Crippen molar-refractivity contribution >= 4 is 22.6 Å². The number of nitrogens with zero attached hydrogens (tertiary/aromatic N) is 1. The number of halogens is 1. The van der Waals surface area contributed by atoms with Crippen molar-refractivity contribution in [3.05, 3.63) is 96.1 Å². The number of methoxy groups -OCH3 is 1. The molecule has 3 aromatic carbocycles. The third kappa shape index (κ3) is 4.46. The number of benzene rings is 3. The smallest absolute Gasteiger partial charge is 0.224 e. The number of rotatable bonds is 8. The maximum atomic E-state index is 16.1. The molecule has 34 heavy (non-hydrogen) atoms. The van der Waals surface area contributed by atoms with Crippen LogP contribution in [-0.4, -0.2) is 17.6 Å². The minimum absolute atomic E-state index is 0.273. The van der Waals surface area contributed by atoms with E-state index in [4.69, 9.17) is 10.5 Å². The zero-order valence-electron chi connectivity index (χ0n) is 19.7. The van der Waals surface area contributed by atoms with Crippen molar-refractivity contribution in [3.8, 4) is 17.0 Å². The number of ether oxygens (including phenoxy) is 1. The van der Waals surface area contributed by atoms with Crippen LogP contribution < -0.4 is 10.5 Å². The van der Waals surface area contributed by atoms with Crippen LogP contribution in [0.25, 0.3) is 28.0 Å². The number of fused-ring (bicyclic) bond motifs is 1. The molecular formula is C29H29FN2O2. The highest BCUT2D eigenvalue weighted by Crippen LogP contribution is 2.43. The van der Waals surface area contributed by atoms with Gasteiger partial charge >= 0.3 is 0 Å². The van der Waals surface area contributed by atoms with Gasteiger partial charge in [0.05, 0.1) is 23.7 Å². The molecule has 4 aromatic rings. The van der Waals surface area contributed by atoms with Crippen LogP contribution in [0.3, 0.4) is 0 Å². The lowest BCUT2D eigenvalue weighted by atomic mass is 9.92. The molecule has 0 bridgehead atoms. The van der Waals surface area contributed by atoms with Crippen molar-refractivity contribution < 1.29 is 13.9 Å². The molecule has 0 radical (unpaired) electrons. The number of carbonyl (C=O) groups is 1. The molecule has 2 N–H and O–H groups in total.